The van der Waals surface area contributed by atoms with Crippen molar-refractivity contribution < 1.29 is 13.9 Å². The molecule has 0 bridgehead atoms. The van der Waals surface area contributed by atoms with Crippen molar-refractivity contribution in [3.63, 3.8) is 0 Å². The van der Waals surface area contributed by atoms with Crippen molar-refractivity contribution in [2.24, 2.45) is 16.6 Å². The summed E-state index contributed by atoms with van der Waals surface area (Å²) in [5.74, 6) is 1.25. The fraction of sp³-hybridized carbons (Fsp3) is 0.613. The summed E-state index contributed by atoms with van der Waals surface area (Å²) in [6.45, 7) is 12.2. The zero-order valence-electron chi connectivity index (χ0n) is 23.6. The van der Waals surface area contributed by atoms with Gasteiger partial charge < -0.3 is 20.7 Å². The number of nitrogens with one attached hydrogen (secondary N) is 1. The largest absolute Gasteiger partial charge is 0.494 e. The number of allylic oxidation sites excluding steroid dienone is 2. The first-order chi connectivity index (χ1) is 18.2. The smallest absolute Gasteiger partial charge is 0.258 e. The zero-order chi connectivity index (χ0) is 27.6. The van der Waals surface area contributed by atoms with Gasteiger partial charge in [-0.15, -0.1) is 0 Å². The second kappa shape index (κ2) is 13.9. The summed E-state index contributed by atoms with van der Waals surface area (Å²) in [7, 11) is 0. The summed E-state index contributed by atoms with van der Waals surface area (Å²) in [5, 5.41) is 3.12. The van der Waals surface area contributed by atoms with Gasteiger partial charge >= 0.3 is 0 Å². The molecule has 3 N–H and O–H groups in total. The van der Waals surface area contributed by atoms with Gasteiger partial charge in [-0.3, -0.25) is 4.79 Å². The van der Waals surface area contributed by atoms with E-state index in [1.165, 1.54) is 6.42 Å². The van der Waals surface area contributed by atoms with E-state index in [-0.39, 0.29) is 12.8 Å². The van der Waals surface area contributed by atoms with Gasteiger partial charge in [0.25, 0.3) is 5.91 Å². The fourth-order valence-corrected chi connectivity index (χ4v) is 5.63. The Kier molecular flexibility index (Phi) is 11.0. The average Bonchev–Trinajstić information content (AvgIpc) is 2.93. The van der Waals surface area contributed by atoms with Crippen molar-refractivity contribution in [1.29, 1.82) is 0 Å². The van der Waals surface area contributed by atoms with Crippen LogP contribution >= 0.6 is 0 Å². The van der Waals surface area contributed by atoms with E-state index in [4.69, 9.17) is 15.5 Å². The molecule has 1 aromatic carbocycles. The van der Waals surface area contributed by atoms with E-state index in [1.54, 1.807) is 0 Å². The Morgan fingerprint density at radius 2 is 1.92 bits per heavy atom. The number of carbonyl (C=O) groups excluding carboxylic acids is 1. The summed E-state index contributed by atoms with van der Waals surface area (Å²) in [4.78, 5) is 20.0. The van der Waals surface area contributed by atoms with Gasteiger partial charge in [0.1, 0.15) is 11.6 Å². The number of piperidine rings is 1. The maximum atomic E-state index is 16.0. The van der Waals surface area contributed by atoms with Crippen LogP contribution in [0.4, 0.5) is 4.39 Å². The molecule has 1 aromatic rings. The molecule has 0 radical (unpaired) electrons. The lowest BCUT2D eigenvalue weighted by atomic mass is 9.73. The van der Waals surface area contributed by atoms with E-state index in [0.29, 0.717) is 44.4 Å². The van der Waals surface area contributed by atoms with Gasteiger partial charge in [0.2, 0.25) is 0 Å². The first kappa shape index (κ1) is 29.9. The molecule has 2 fully saturated rings. The SMILES string of the molecule is C=C(N=C(/C=C\C)c1ccc(OCCC)cc1)N1CCC(F)(C(=O)NC(C)(CCN)C2CCCCC2)CC1. The first-order valence-corrected chi connectivity index (χ1v) is 14.3. The predicted molar refractivity (Wildman–Crippen MR) is 154 cm³/mol. The van der Waals surface area contributed by atoms with Crippen LogP contribution in [0.15, 0.2) is 53.8 Å². The van der Waals surface area contributed by atoms with Crippen molar-refractivity contribution in [2.75, 3.05) is 26.2 Å². The first-order valence-electron chi connectivity index (χ1n) is 14.3. The van der Waals surface area contributed by atoms with Crippen LogP contribution in [0.2, 0.25) is 0 Å². The van der Waals surface area contributed by atoms with Crippen molar-refractivity contribution in [3.05, 3.63) is 54.4 Å². The van der Waals surface area contributed by atoms with Crippen LogP contribution in [-0.4, -0.2) is 54.0 Å². The van der Waals surface area contributed by atoms with Crippen molar-refractivity contribution in [2.45, 2.75) is 89.8 Å². The predicted octanol–water partition coefficient (Wildman–Crippen LogP) is 5.92. The summed E-state index contributed by atoms with van der Waals surface area (Å²) in [6.07, 6.45) is 11.4. The highest BCUT2D eigenvalue weighted by atomic mass is 19.1. The Bertz CT molecular complexity index is 976. The lowest BCUT2D eigenvalue weighted by Gasteiger charge is -2.43. The van der Waals surface area contributed by atoms with Crippen LogP contribution in [0.1, 0.15) is 84.1 Å². The molecule has 1 saturated heterocycles. The summed E-state index contributed by atoms with van der Waals surface area (Å²) in [6, 6.07) is 7.84. The molecule has 1 saturated carbocycles. The van der Waals surface area contributed by atoms with E-state index >= 15 is 4.39 Å². The number of benzene rings is 1. The van der Waals surface area contributed by atoms with Crippen LogP contribution in [-0.2, 0) is 4.79 Å². The fourth-order valence-electron chi connectivity index (χ4n) is 5.63. The lowest BCUT2D eigenvalue weighted by Crippen LogP contribution is -2.60. The number of hydrogen-bond acceptors (Lipinski definition) is 5. The number of rotatable bonds is 12. The van der Waals surface area contributed by atoms with Gasteiger partial charge in [0.15, 0.2) is 5.67 Å². The Morgan fingerprint density at radius 1 is 1.26 bits per heavy atom. The van der Waals surface area contributed by atoms with Gasteiger partial charge in [0, 0.05) is 37.0 Å². The van der Waals surface area contributed by atoms with Crippen molar-refractivity contribution >= 4 is 11.6 Å². The van der Waals surface area contributed by atoms with Crippen LogP contribution in [0.3, 0.4) is 0 Å². The maximum absolute atomic E-state index is 16.0. The number of alkyl halides is 1. The minimum Gasteiger partial charge on any atom is -0.494 e. The molecule has 1 atom stereocenters. The third kappa shape index (κ3) is 7.68. The Hall–Kier alpha value is -2.67. The normalized spacial score (nSPS) is 20.2. The van der Waals surface area contributed by atoms with Crippen molar-refractivity contribution in [1.82, 2.24) is 10.2 Å². The molecule has 7 heteroatoms. The number of likely N-dealkylation sites (tertiary alicyclic amines) is 1. The molecule has 210 valence electrons. The molecule has 0 aromatic heterocycles. The number of nitrogens with zero attached hydrogens (tertiary/aromatic N) is 2. The van der Waals surface area contributed by atoms with Crippen molar-refractivity contribution in [3.8, 4) is 5.75 Å². The molecule has 2 aliphatic rings. The van der Waals surface area contributed by atoms with E-state index in [0.717, 1.165) is 49.1 Å². The van der Waals surface area contributed by atoms with Gasteiger partial charge in [-0.05, 0) is 82.3 Å². The Labute approximate surface area is 228 Å². The minimum absolute atomic E-state index is 0.110. The topological polar surface area (TPSA) is 80.0 Å². The molecule has 1 unspecified atom stereocenters. The third-order valence-electron chi connectivity index (χ3n) is 8.09. The molecule has 38 heavy (non-hydrogen) atoms. The van der Waals surface area contributed by atoms with Crippen LogP contribution in [0.25, 0.3) is 0 Å². The molecular weight excluding hydrogens is 479 g/mol. The number of ether oxygens (including phenoxy) is 1. The van der Waals surface area contributed by atoms with Gasteiger partial charge in [-0.1, -0.05) is 38.8 Å². The number of hydrogen-bond donors (Lipinski definition) is 2. The Balaban J connectivity index is 1.64. The maximum Gasteiger partial charge on any atom is 0.258 e. The summed E-state index contributed by atoms with van der Waals surface area (Å²) in [5.41, 5.74) is 5.27. The van der Waals surface area contributed by atoms with E-state index < -0.39 is 17.1 Å². The molecule has 1 heterocycles. The van der Waals surface area contributed by atoms with Gasteiger partial charge in [-0.2, -0.15) is 0 Å². The number of aliphatic imine (C=N–C) groups is 1. The third-order valence-corrected chi connectivity index (χ3v) is 8.09. The molecular formula is C31H47FN4O2. The summed E-state index contributed by atoms with van der Waals surface area (Å²) >= 11 is 0. The lowest BCUT2D eigenvalue weighted by molar-refractivity contribution is -0.138. The second-order valence-corrected chi connectivity index (χ2v) is 11.0. The highest BCUT2D eigenvalue weighted by Crippen LogP contribution is 2.36. The number of halogens is 1. The van der Waals surface area contributed by atoms with Gasteiger partial charge in [-0.25, -0.2) is 9.38 Å². The number of carbonyl (C=O) groups is 1. The quantitative estimate of drug-likeness (QED) is 0.331. The summed E-state index contributed by atoms with van der Waals surface area (Å²) < 4.78 is 21.6. The second-order valence-electron chi connectivity index (χ2n) is 11.0. The molecule has 1 aliphatic carbocycles. The van der Waals surface area contributed by atoms with E-state index in [1.807, 2.05) is 55.2 Å². The number of amides is 1. The monoisotopic (exact) mass is 526 g/mol. The zero-order valence-corrected chi connectivity index (χ0v) is 23.6. The highest BCUT2D eigenvalue weighted by Gasteiger charge is 2.46. The molecule has 0 spiro atoms. The molecule has 3 rings (SSSR count). The van der Waals surface area contributed by atoms with Crippen LogP contribution < -0.4 is 15.8 Å². The van der Waals surface area contributed by atoms with Gasteiger partial charge in [0.05, 0.1) is 12.3 Å². The van der Waals surface area contributed by atoms with Crippen LogP contribution in [0.5, 0.6) is 5.75 Å². The molecule has 6 nitrogen and oxygen atoms in total. The van der Waals surface area contributed by atoms with E-state index in [9.17, 15) is 4.79 Å². The average molecular weight is 527 g/mol. The minimum atomic E-state index is -1.90. The van der Waals surface area contributed by atoms with E-state index in [2.05, 4.69) is 18.8 Å². The van der Waals surface area contributed by atoms with Crippen LogP contribution in [0, 0.1) is 5.92 Å². The standard InChI is InChI=1S/C31H47FN4O2/c1-5-10-28(25-13-15-27(16-14-25)38-23-6-2)34-24(3)36-21-18-31(32,19-22-36)29(37)35-30(4,17-20-33)26-11-8-7-9-12-26/h5,10,13-16,26H,3,6-9,11-12,17-23,33H2,1-2,4H3,(H,35,37)/b10-5-,34-28?. The molecule has 1 aliphatic heterocycles. The Morgan fingerprint density at radius 3 is 2.50 bits per heavy atom. The molecule has 1 amide bonds. The highest BCUT2D eigenvalue weighted by molar-refractivity contribution is 6.09. The number of nitrogens with two attached hydrogens (primary N) is 1.